The summed E-state index contributed by atoms with van der Waals surface area (Å²) in [6.45, 7) is 6.87. The van der Waals surface area contributed by atoms with Crippen LogP contribution in [0, 0.1) is 18.7 Å². The molecule has 0 spiro atoms. The van der Waals surface area contributed by atoms with Gasteiger partial charge in [0.15, 0.2) is 0 Å². The lowest BCUT2D eigenvalue weighted by Crippen LogP contribution is -2.56. The molecular formula is C32H39FN4O5. The summed E-state index contributed by atoms with van der Waals surface area (Å²) in [7, 11) is 0. The van der Waals surface area contributed by atoms with E-state index in [0.717, 1.165) is 19.3 Å². The number of aryl methyl sites for hydroxylation is 1. The zero-order valence-electron chi connectivity index (χ0n) is 24.3. The maximum atomic E-state index is 13.5. The van der Waals surface area contributed by atoms with Crippen LogP contribution in [0.15, 0.2) is 60.7 Å². The Bertz CT molecular complexity index is 1400. The lowest BCUT2D eigenvalue weighted by Gasteiger charge is -2.43. The first-order valence-electron chi connectivity index (χ1n) is 14.2. The van der Waals surface area contributed by atoms with Crippen LogP contribution in [0.2, 0.25) is 0 Å². The number of ether oxygens (including phenoxy) is 2. The fourth-order valence-electron chi connectivity index (χ4n) is 5.41. The van der Waals surface area contributed by atoms with E-state index in [2.05, 4.69) is 13.8 Å². The molecule has 1 heterocycles. The SMILES string of the molecule is CCC(CC)CC1(O)CCN(N(C(N)=O)c2cc(Oc3ccc(F)cc3)cc(Oc3ccc(C(N)=O)c(C)c3)c2)CC1. The van der Waals surface area contributed by atoms with Crippen molar-refractivity contribution in [3.8, 4) is 23.0 Å². The van der Waals surface area contributed by atoms with Crippen LogP contribution >= 0.6 is 0 Å². The fraction of sp³-hybridized carbons (Fsp3) is 0.375. The molecule has 3 amide bonds. The van der Waals surface area contributed by atoms with Gasteiger partial charge in [-0.2, -0.15) is 0 Å². The van der Waals surface area contributed by atoms with Crippen LogP contribution in [-0.4, -0.2) is 40.7 Å². The third-order valence-corrected chi connectivity index (χ3v) is 7.84. The van der Waals surface area contributed by atoms with Gasteiger partial charge in [-0.25, -0.2) is 19.2 Å². The molecule has 0 bridgehead atoms. The smallest absolute Gasteiger partial charge is 0.334 e. The predicted octanol–water partition coefficient (Wildman–Crippen LogP) is 6.27. The van der Waals surface area contributed by atoms with Crippen LogP contribution in [0.4, 0.5) is 14.9 Å². The van der Waals surface area contributed by atoms with E-state index in [1.807, 2.05) is 5.01 Å². The summed E-state index contributed by atoms with van der Waals surface area (Å²) in [5.74, 6) is 0.992. The quantitative estimate of drug-likeness (QED) is 0.246. The number of benzene rings is 3. The summed E-state index contributed by atoms with van der Waals surface area (Å²) in [6.07, 6.45) is 3.72. The number of anilines is 1. The lowest BCUT2D eigenvalue weighted by molar-refractivity contribution is -0.0401. The third kappa shape index (κ3) is 7.57. The van der Waals surface area contributed by atoms with E-state index in [0.29, 0.717) is 71.7 Å². The van der Waals surface area contributed by atoms with Crippen LogP contribution < -0.4 is 25.9 Å². The first kappa shape index (κ1) is 30.8. The Kier molecular flexibility index (Phi) is 9.70. The molecule has 0 unspecified atom stereocenters. The van der Waals surface area contributed by atoms with Gasteiger partial charge in [-0.1, -0.05) is 26.7 Å². The highest BCUT2D eigenvalue weighted by molar-refractivity contribution is 5.94. The number of hydrogen-bond donors (Lipinski definition) is 3. The average molecular weight is 579 g/mol. The van der Waals surface area contributed by atoms with Crippen molar-refractivity contribution in [1.82, 2.24) is 5.01 Å². The molecule has 3 aromatic rings. The maximum absolute atomic E-state index is 13.5. The van der Waals surface area contributed by atoms with Gasteiger partial charge in [0.1, 0.15) is 28.8 Å². The highest BCUT2D eigenvalue weighted by Gasteiger charge is 2.37. The summed E-state index contributed by atoms with van der Waals surface area (Å²) in [5, 5.41) is 14.4. The number of rotatable bonds is 11. The Balaban J connectivity index is 1.65. The van der Waals surface area contributed by atoms with Crippen molar-refractivity contribution >= 4 is 17.6 Å². The number of nitrogens with zero attached hydrogens (tertiary/aromatic N) is 2. The number of hydrogen-bond acceptors (Lipinski definition) is 6. The maximum Gasteiger partial charge on any atom is 0.334 e. The molecule has 0 atom stereocenters. The average Bonchev–Trinajstić information content (AvgIpc) is 2.94. The fourth-order valence-corrected chi connectivity index (χ4v) is 5.41. The third-order valence-electron chi connectivity index (χ3n) is 7.84. The van der Waals surface area contributed by atoms with Crippen molar-refractivity contribution in [3.05, 3.63) is 77.6 Å². The molecule has 42 heavy (non-hydrogen) atoms. The van der Waals surface area contributed by atoms with Crippen molar-refractivity contribution in [3.63, 3.8) is 0 Å². The topological polar surface area (TPSA) is 131 Å². The van der Waals surface area contributed by atoms with Crippen LogP contribution in [-0.2, 0) is 0 Å². The van der Waals surface area contributed by atoms with E-state index in [4.69, 9.17) is 20.9 Å². The number of carbonyl (C=O) groups is 2. The number of halogens is 1. The number of urea groups is 1. The van der Waals surface area contributed by atoms with Gasteiger partial charge in [0.25, 0.3) is 0 Å². The second-order valence-electron chi connectivity index (χ2n) is 10.9. The number of aliphatic hydroxyl groups is 1. The zero-order valence-corrected chi connectivity index (χ0v) is 24.3. The molecule has 224 valence electrons. The second-order valence-corrected chi connectivity index (χ2v) is 10.9. The number of hydrazine groups is 1. The molecule has 4 rings (SSSR count). The standard InChI is InChI=1S/C32H39FN4O5/c1-4-22(5-2)20-32(40)12-14-36(15-13-32)37(31(35)39)24-17-27(41-25-8-6-23(33)7-9-25)19-28(18-24)42-26-10-11-29(30(34)38)21(3)16-26/h6-11,16-19,22,40H,4-5,12-15,20H2,1-3H3,(H2,34,38)(H2,35,39). The van der Waals surface area contributed by atoms with E-state index < -0.39 is 23.4 Å². The molecule has 9 nitrogen and oxygen atoms in total. The van der Waals surface area contributed by atoms with Crippen molar-refractivity contribution < 1.29 is 28.6 Å². The highest BCUT2D eigenvalue weighted by Crippen LogP contribution is 2.37. The summed E-state index contributed by atoms with van der Waals surface area (Å²) >= 11 is 0. The molecule has 0 aliphatic carbocycles. The highest BCUT2D eigenvalue weighted by atomic mass is 19.1. The molecule has 10 heteroatoms. The molecular weight excluding hydrogens is 539 g/mol. The molecule has 5 N–H and O–H groups in total. The summed E-state index contributed by atoms with van der Waals surface area (Å²) < 4.78 is 25.6. The minimum atomic E-state index is -0.798. The van der Waals surface area contributed by atoms with E-state index >= 15 is 0 Å². The number of nitrogens with two attached hydrogens (primary N) is 2. The molecule has 3 aromatic carbocycles. The minimum Gasteiger partial charge on any atom is -0.457 e. The minimum absolute atomic E-state index is 0.327. The molecule has 1 aliphatic rings. The monoisotopic (exact) mass is 578 g/mol. The van der Waals surface area contributed by atoms with Crippen LogP contribution in [0.25, 0.3) is 0 Å². The summed E-state index contributed by atoms with van der Waals surface area (Å²) in [5.41, 5.74) is 12.0. The van der Waals surface area contributed by atoms with E-state index in [1.165, 1.54) is 29.3 Å². The van der Waals surface area contributed by atoms with Crippen LogP contribution in [0.1, 0.15) is 61.9 Å². The van der Waals surface area contributed by atoms with Gasteiger partial charge in [-0.3, -0.25) is 4.79 Å². The molecule has 1 aliphatic heterocycles. The Morgan fingerprint density at radius 3 is 2.02 bits per heavy atom. The van der Waals surface area contributed by atoms with E-state index in [9.17, 15) is 19.1 Å². The van der Waals surface area contributed by atoms with Crippen LogP contribution in [0.5, 0.6) is 23.0 Å². The van der Waals surface area contributed by atoms with Gasteiger partial charge >= 0.3 is 6.03 Å². The molecule has 1 saturated heterocycles. The summed E-state index contributed by atoms with van der Waals surface area (Å²) in [4.78, 5) is 24.5. The largest absolute Gasteiger partial charge is 0.457 e. The molecule has 0 saturated carbocycles. The number of carbonyl (C=O) groups excluding carboxylic acids is 2. The number of piperidine rings is 1. The van der Waals surface area contributed by atoms with E-state index in [1.54, 1.807) is 43.3 Å². The van der Waals surface area contributed by atoms with Gasteiger partial charge < -0.3 is 26.0 Å². The Morgan fingerprint density at radius 2 is 1.50 bits per heavy atom. The van der Waals surface area contributed by atoms with Crippen molar-refractivity contribution in [2.75, 3.05) is 18.1 Å². The summed E-state index contributed by atoms with van der Waals surface area (Å²) in [6, 6.07) is 14.7. The Morgan fingerprint density at radius 1 is 0.929 bits per heavy atom. The van der Waals surface area contributed by atoms with E-state index in [-0.39, 0.29) is 0 Å². The van der Waals surface area contributed by atoms with Crippen molar-refractivity contribution in [2.45, 2.75) is 58.5 Å². The predicted molar refractivity (Wildman–Crippen MR) is 159 cm³/mol. The first-order valence-corrected chi connectivity index (χ1v) is 14.2. The van der Waals surface area contributed by atoms with Gasteiger partial charge in [-0.05, 0) is 80.1 Å². The van der Waals surface area contributed by atoms with Gasteiger partial charge in [0.05, 0.1) is 11.3 Å². The molecule has 0 radical (unpaired) electrons. The Labute approximate surface area is 245 Å². The Hall–Kier alpha value is -4.15. The first-order chi connectivity index (χ1) is 20.0. The van der Waals surface area contributed by atoms with Gasteiger partial charge in [0, 0.05) is 36.9 Å². The number of primary amides is 2. The second kappa shape index (κ2) is 13.2. The zero-order chi connectivity index (χ0) is 30.4. The molecule has 0 aromatic heterocycles. The van der Waals surface area contributed by atoms with Gasteiger partial charge in [0.2, 0.25) is 5.91 Å². The van der Waals surface area contributed by atoms with Crippen LogP contribution in [0.3, 0.4) is 0 Å². The number of amides is 3. The normalized spacial score (nSPS) is 14.9. The van der Waals surface area contributed by atoms with Crippen molar-refractivity contribution in [1.29, 1.82) is 0 Å². The van der Waals surface area contributed by atoms with Gasteiger partial charge in [-0.15, -0.1) is 0 Å². The van der Waals surface area contributed by atoms with Crippen molar-refractivity contribution in [2.24, 2.45) is 17.4 Å². The lowest BCUT2D eigenvalue weighted by atomic mass is 9.81. The molecule has 1 fully saturated rings.